The van der Waals surface area contributed by atoms with E-state index in [0.717, 1.165) is 29.2 Å². The van der Waals surface area contributed by atoms with Crippen LogP contribution in [0.25, 0.3) is 0 Å². The molecule has 1 aromatic carbocycles. The molecule has 1 aliphatic heterocycles. The lowest BCUT2D eigenvalue weighted by Gasteiger charge is -2.24. The van der Waals surface area contributed by atoms with E-state index in [0.29, 0.717) is 6.04 Å². The smallest absolute Gasteiger partial charge is 0.255 e. The number of amides is 1. The van der Waals surface area contributed by atoms with Gasteiger partial charge in [0.2, 0.25) is 0 Å². The van der Waals surface area contributed by atoms with Crippen molar-refractivity contribution in [2.75, 3.05) is 30.9 Å². The Morgan fingerprint density at radius 3 is 2.88 bits per heavy atom. The fourth-order valence-corrected chi connectivity index (χ4v) is 3.34. The molecule has 3 nitrogen and oxygen atoms in total. The maximum Gasteiger partial charge on any atom is 0.255 e. The van der Waals surface area contributed by atoms with E-state index in [4.69, 9.17) is 0 Å². The summed E-state index contributed by atoms with van der Waals surface area (Å²) in [5.74, 6) is 2.34. The highest BCUT2D eigenvalue weighted by molar-refractivity contribution is 7.99. The van der Waals surface area contributed by atoms with Crippen molar-refractivity contribution in [1.82, 2.24) is 4.90 Å². The molecule has 1 atom stereocenters. The number of para-hydroxylation sites is 1. The molecule has 1 N–H and O–H groups in total. The van der Waals surface area contributed by atoms with Gasteiger partial charge in [0.15, 0.2) is 0 Å². The topological polar surface area (TPSA) is 32.3 Å². The molecule has 1 amide bonds. The van der Waals surface area contributed by atoms with Gasteiger partial charge in [0.05, 0.1) is 5.56 Å². The molecule has 0 aliphatic carbocycles. The fourth-order valence-electron chi connectivity index (χ4n) is 2.07. The zero-order chi connectivity index (χ0) is 12.3. The normalized spacial score (nSPS) is 19.1. The Labute approximate surface area is 107 Å². The Morgan fingerprint density at radius 2 is 2.24 bits per heavy atom. The van der Waals surface area contributed by atoms with Gasteiger partial charge in [-0.2, -0.15) is 11.8 Å². The third-order valence-corrected chi connectivity index (χ3v) is 4.35. The number of hydrogen-bond acceptors (Lipinski definition) is 3. The second-order valence-corrected chi connectivity index (χ2v) is 5.38. The molecule has 4 heteroatoms. The number of hydrogen-bond donors (Lipinski definition) is 1. The molecule has 0 aromatic heterocycles. The third kappa shape index (κ3) is 2.57. The molecular formula is C13H18N2OS. The zero-order valence-electron chi connectivity index (χ0n) is 10.3. The van der Waals surface area contributed by atoms with Crippen molar-refractivity contribution >= 4 is 23.4 Å². The summed E-state index contributed by atoms with van der Waals surface area (Å²) in [7, 11) is 3.75. The summed E-state index contributed by atoms with van der Waals surface area (Å²) in [6, 6.07) is 8.05. The molecule has 0 bridgehead atoms. The molecule has 0 saturated carbocycles. The molecule has 17 heavy (non-hydrogen) atoms. The first-order valence-electron chi connectivity index (χ1n) is 5.85. The Hall–Kier alpha value is -1.16. The number of anilines is 1. The first kappa shape index (κ1) is 12.3. The molecule has 1 fully saturated rings. The lowest BCUT2D eigenvalue weighted by Crippen LogP contribution is -2.37. The average Bonchev–Trinajstić information content (AvgIpc) is 2.90. The van der Waals surface area contributed by atoms with E-state index in [1.807, 2.05) is 55.0 Å². The maximum atomic E-state index is 12.4. The van der Waals surface area contributed by atoms with E-state index in [-0.39, 0.29) is 5.91 Å². The zero-order valence-corrected chi connectivity index (χ0v) is 11.1. The highest BCUT2D eigenvalue weighted by Gasteiger charge is 2.25. The molecule has 2 rings (SSSR count). The Bertz CT molecular complexity index is 402. The summed E-state index contributed by atoms with van der Waals surface area (Å²) in [5.41, 5.74) is 1.66. The van der Waals surface area contributed by atoms with Crippen LogP contribution in [-0.4, -0.2) is 42.4 Å². The first-order valence-corrected chi connectivity index (χ1v) is 7.01. The van der Waals surface area contributed by atoms with Crippen molar-refractivity contribution in [2.24, 2.45) is 0 Å². The number of rotatable bonds is 3. The minimum atomic E-state index is 0.113. The standard InChI is InChI=1S/C13H18N2OS/c1-14-12-6-4-3-5-11(12)13(16)15(2)10-7-8-17-9-10/h3-6,10,14H,7-9H2,1-2H3. The molecular weight excluding hydrogens is 232 g/mol. The van der Waals surface area contributed by atoms with Crippen LogP contribution >= 0.6 is 11.8 Å². The van der Waals surface area contributed by atoms with E-state index in [2.05, 4.69) is 5.32 Å². The minimum Gasteiger partial charge on any atom is -0.387 e. The van der Waals surface area contributed by atoms with Crippen LogP contribution in [0.3, 0.4) is 0 Å². The summed E-state index contributed by atoms with van der Waals surface area (Å²) < 4.78 is 0. The number of carbonyl (C=O) groups is 1. The number of nitrogens with one attached hydrogen (secondary N) is 1. The highest BCUT2D eigenvalue weighted by Crippen LogP contribution is 2.24. The van der Waals surface area contributed by atoms with Crippen LogP contribution in [0.5, 0.6) is 0 Å². The quantitative estimate of drug-likeness (QED) is 0.893. The van der Waals surface area contributed by atoms with Crippen LogP contribution in [0.1, 0.15) is 16.8 Å². The monoisotopic (exact) mass is 250 g/mol. The van der Waals surface area contributed by atoms with Gasteiger partial charge in [-0.25, -0.2) is 0 Å². The van der Waals surface area contributed by atoms with Gasteiger partial charge in [-0.3, -0.25) is 4.79 Å². The van der Waals surface area contributed by atoms with Crippen molar-refractivity contribution < 1.29 is 4.79 Å². The minimum absolute atomic E-state index is 0.113. The summed E-state index contributed by atoms with van der Waals surface area (Å²) in [4.78, 5) is 14.3. The molecule has 0 spiro atoms. The number of thioether (sulfide) groups is 1. The summed E-state index contributed by atoms with van der Waals surface area (Å²) in [5, 5.41) is 3.07. The van der Waals surface area contributed by atoms with Gasteiger partial charge in [0.25, 0.3) is 5.91 Å². The van der Waals surface area contributed by atoms with Crippen molar-refractivity contribution in [3.05, 3.63) is 29.8 Å². The molecule has 0 radical (unpaired) electrons. The van der Waals surface area contributed by atoms with E-state index >= 15 is 0 Å². The van der Waals surface area contributed by atoms with E-state index in [9.17, 15) is 4.79 Å². The lowest BCUT2D eigenvalue weighted by atomic mass is 10.1. The molecule has 1 saturated heterocycles. The van der Waals surface area contributed by atoms with Gasteiger partial charge in [-0.1, -0.05) is 12.1 Å². The van der Waals surface area contributed by atoms with Crippen molar-refractivity contribution in [3.63, 3.8) is 0 Å². The lowest BCUT2D eigenvalue weighted by molar-refractivity contribution is 0.0749. The third-order valence-electron chi connectivity index (χ3n) is 3.20. The highest BCUT2D eigenvalue weighted by atomic mass is 32.2. The Kier molecular flexibility index (Phi) is 3.94. The Morgan fingerprint density at radius 1 is 1.47 bits per heavy atom. The summed E-state index contributed by atoms with van der Waals surface area (Å²) >= 11 is 1.92. The van der Waals surface area contributed by atoms with Gasteiger partial charge in [0.1, 0.15) is 0 Å². The second kappa shape index (κ2) is 5.45. The Balaban J connectivity index is 2.18. The maximum absolute atomic E-state index is 12.4. The summed E-state index contributed by atoms with van der Waals surface area (Å²) in [6.07, 6.45) is 1.11. The fraction of sp³-hybridized carbons (Fsp3) is 0.462. The van der Waals surface area contributed by atoms with Gasteiger partial charge >= 0.3 is 0 Å². The predicted octanol–water partition coefficient (Wildman–Crippen LogP) is 2.31. The van der Waals surface area contributed by atoms with Crippen molar-refractivity contribution in [2.45, 2.75) is 12.5 Å². The first-order chi connectivity index (χ1) is 8.24. The van der Waals surface area contributed by atoms with Crippen molar-refractivity contribution in [3.8, 4) is 0 Å². The summed E-state index contributed by atoms with van der Waals surface area (Å²) in [6.45, 7) is 0. The number of carbonyl (C=O) groups excluding carboxylic acids is 1. The van der Waals surface area contributed by atoms with Crippen LogP contribution in [0.15, 0.2) is 24.3 Å². The van der Waals surface area contributed by atoms with Crippen LogP contribution in [0, 0.1) is 0 Å². The van der Waals surface area contributed by atoms with E-state index < -0.39 is 0 Å². The molecule has 1 unspecified atom stereocenters. The van der Waals surface area contributed by atoms with Crippen LogP contribution in [0.4, 0.5) is 5.69 Å². The molecule has 1 aliphatic rings. The molecule has 92 valence electrons. The van der Waals surface area contributed by atoms with E-state index in [1.54, 1.807) is 0 Å². The predicted molar refractivity (Wildman–Crippen MR) is 73.8 cm³/mol. The number of nitrogens with zero attached hydrogens (tertiary/aromatic N) is 1. The van der Waals surface area contributed by atoms with Gasteiger partial charge in [0, 0.05) is 31.6 Å². The molecule has 1 aromatic rings. The van der Waals surface area contributed by atoms with Gasteiger partial charge in [-0.05, 0) is 24.3 Å². The van der Waals surface area contributed by atoms with E-state index in [1.165, 1.54) is 0 Å². The van der Waals surface area contributed by atoms with Crippen LogP contribution in [0.2, 0.25) is 0 Å². The van der Waals surface area contributed by atoms with Gasteiger partial charge < -0.3 is 10.2 Å². The molecule has 1 heterocycles. The van der Waals surface area contributed by atoms with Gasteiger partial charge in [-0.15, -0.1) is 0 Å². The van der Waals surface area contributed by atoms with Crippen LogP contribution < -0.4 is 5.32 Å². The SMILES string of the molecule is CNc1ccccc1C(=O)N(C)C1CCSC1. The van der Waals surface area contributed by atoms with Crippen molar-refractivity contribution in [1.29, 1.82) is 0 Å². The average molecular weight is 250 g/mol. The van der Waals surface area contributed by atoms with Crippen LogP contribution in [-0.2, 0) is 0 Å². The number of benzene rings is 1. The second-order valence-electron chi connectivity index (χ2n) is 4.23. The largest absolute Gasteiger partial charge is 0.387 e.